The van der Waals surface area contributed by atoms with E-state index in [0.29, 0.717) is 12.0 Å². The van der Waals surface area contributed by atoms with Gasteiger partial charge in [0, 0.05) is 0 Å². The van der Waals surface area contributed by atoms with E-state index in [9.17, 15) is 9.59 Å². The van der Waals surface area contributed by atoms with Crippen LogP contribution in [0.25, 0.3) is 0 Å². The monoisotopic (exact) mass is 228 g/mol. The standard InChI is InChI=1S/C11H16O5/c1-4-11(6-14-10(13)15-7-11)16-5-9(12)8(2)3/h2,4-7H2,1,3H3. The first-order valence-electron chi connectivity index (χ1n) is 5.11. The number of carbonyl (C=O) groups excluding carboxylic acids is 2. The highest BCUT2D eigenvalue weighted by molar-refractivity contribution is 5.95. The lowest BCUT2D eigenvalue weighted by atomic mass is 10.0. The zero-order chi connectivity index (χ0) is 12.2. The van der Waals surface area contributed by atoms with E-state index in [-0.39, 0.29) is 25.6 Å². The van der Waals surface area contributed by atoms with Crippen molar-refractivity contribution in [2.45, 2.75) is 25.9 Å². The van der Waals surface area contributed by atoms with Gasteiger partial charge < -0.3 is 14.2 Å². The van der Waals surface area contributed by atoms with Crippen molar-refractivity contribution in [3.8, 4) is 0 Å². The van der Waals surface area contributed by atoms with E-state index in [1.165, 1.54) is 0 Å². The third-order valence-corrected chi connectivity index (χ3v) is 2.54. The normalized spacial score (nSPS) is 18.5. The van der Waals surface area contributed by atoms with E-state index in [1.54, 1.807) is 6.92 Å². The maximum absolute atomic E-state index is 11.3. The molecule has 0 saturated carbocycles. The largest absolute Gasteiger partial charge is 0.508 e. The van der Waals surface area contributed by atoms with Gasteiger partial charge in [0.25, 0.3) is 0 Å². The summed E-state index contributed by atoms with van der Waals surface area (Å²) in [5, 5.41) is 0. The Hall–Kier alpha value is -1.36. The van der Waals surface area contributed by atoms with Crippen LogP contribution in [0.3, 0.4) is 0 Å². The quantitative estimate of drug-likeness (QED) is 0.526. The van der Waals surface area contributed by atoms with Gasteiger partial charge in [0.15, 0.2) is 5.78 Å². The summed E-state index contributed by atoms with van der Waals surface area (Å²) in [4.78, 5) is 22.1. The van der Waals surface area contributed by atoms with Gasteiger partial charge in [-0.2, -0.15) is 0 Å². The SMILES string of the molecule is C=C(C)C(=O)COC1(CC)COC(=O)OC1. The van der Waals surface area contributed by atoms with Crippen molar-refractivity contribution in [3.63, 3.8) is 0 Å². The predicted molar refractivity (Wildman–Crippen MR) is 56.1 cm³/mol. The second-order valence-corrected chi connectivity index (χ2v) is 3.86. The van der Waals surface area contributed by atoms with Crippen molar-refractivity contribution in [1.82, 2.24) is 0 Å². The molecular weight excluding hydrogens is 212 g/mol. The third-order valence-electron chi connectivity index (χ3n) is 2.54. The smallest absolute Gasteiger partial charge is 0.431 e. The van der Waals surface area contributed by atoms with Crippen LogP contribution in [0.5, 0.6) is 0 Å². The molecule has 0 aromatic carbocycles. The predicted octanol–water partition coefficient (Wildman–Crippen LogP) is 1.46. The van der Waals surface area contributed by atoms with Crippen molar-refractivity contribution in [2.24, 2.45) is 0 Å². The molecule has 0 amide bonds. The number of cyclic esters (lactones) is 2. The zero-order valence-corrected chi connectivity index (χ0v) is 9.58. The fourth-order valence-corrected chi connectivity index (χ4v) is 1.20. The Balaban J connectivity index is 2.51. The molecule has 1 rings (SSSR count). The Labute approximate surface area is 94.4 Å². The minimum atomic E-state index is -0.709. The van der Waals surface area contributed by atoms with Crippen LogP contribution in [-0.2, 0) is 19.0 Å². The summed E-state index contributed by atoms with van der Waals surface area (Å²) in [5.74, 6) is -0.162. The third kappa shape index (κ3) is 3.06. The van der Waals surface area contributed by atoms with E-state index in [4.69, 9.17) is 14.2 Å². The summed E-state index contributed by atoms with van der Waals surface area (Å²) in [7, 11) is 0. The minimum Gasteiger partial charge on any atom is -0.431 e. The highest BCUT2D eigenvalue weighted by atomic mass is 16.7. The molecule has 0 spiro atoms. The first-order chi connectivity index (χ1) is 7.49. The van der Waals surface area contributed by atoms with E-state index in [1.807, 2.05) is 6.92 Å². The lowest BCUT2D eigenvalue weighted by Crippen LogP contribution is -2.48. The summed E-state index contributed by atoms with van der Waals surface area (Å²) < 4.78 is 15.0. The lowest BCUT2D eigenvalue weighted by molar-refractivity contribution is -0.159. The Morgan fingerprint density at radius 3 is 2.50 bits per heavy atom. The summed E-state index contributed by atoms with van der Waals surface area (Å²) in [6.45, 7) is 7.21. The molecule has 5 heteroatoms. The summed E-state index contributed by atoms with van der Waals surface area (Å²) in [6.07, 6.45) is -0.0945. The molecule has 1 aliphatic heterocycles. The number of carbonyl (C=O) groups is 2. The number of hydrogen-bond acceptors (Lipinski definition) is 5. The molecule has 1 heterocycles. The number of hydrogen-bond donors (Lipinski definition) is 0. The molecule has 0 aliphatic carbocycles. The highest BCUT2D eigenvalue weighted by Gasteiger charge is 2.37. The molecule has 16 heavy (non-hydrogen) atoms. The van der Waals surface area contributed by atoms with Gasteiger partial charge >= 0.3 is 6.16 Å². The number of ether oxygens (including phenoxy) is 3. The number of Topliss-reactive ketones (excluding diaryl/α,β-unsaturated/α-hetero) is 1. The maximum atomic E-state index is 11.3. The van der Waals surface area contributed by atoms with E-state index < -0.39 is 11.8 Å². The fraction of sp³-hybridized carbons (Fsp3) is 0.636. The van der Waals surface area contributed by atoms with Gasteiger partial charge in [-0.1, -0.05) is 13.5 Å². The molecule has 0 atom stereocenters. The van der Waals surface area contributed by atoms with Crippen LogP contribution in [0.2, 0.25) is 0 Å². The average Bonchev–Trinajstić information content (AvgIpc) is 2.28. The van der Waals surface area contributed by atoms with E-state index in [2.05, 4.69) is 6.58 Å². The van der Waals surface area contributed by atoms with Gasteiger partial charge in [-0.15, -0.1) is 0 Å². The van der Waals surface area contributed by atoms with Crippen molar-refractivity contribution in [2.75, 3.05) is 19.8 Å². The second kappa shape index (κ2) is 5.12. The number of ketones is 1. The van der Waals surface area contributed by atoms with Crippen LogP contribution < -0.4 is 0 Å². The van der Waals surface area contributed by atoms with E-state index >= 15 is 0 Å². The molecule has 1 saturated heterocycles. The molecule has 0 aromatic heterocycles. The van der Waals surface area contributed by atoms with Gasteiger partial charge in [-0.25, -0.2) is 4.79 Å². The molecule has 90 valence electrons. The topological polar surface area (TPSA) is 61.8 Å². The van der Waals surface area contributed by atoms with E-state index in [0.717, 1.165) is 0 Å². The van der Waals surface area contributed by atoms with Crippen molar-refractivity contribution in [1.29, 1.82) is 0 Å². The summed E-state index contributed by atoms with van der Waals surface area (Å²) in [6, 6.07) is 0. The molecule has 1 aliphatic rings. The van der Waals surface area contributed by atoms with Gasteiger partial charge in [0.1, 0.15) is 25.4 Å². The molecule has 0 unspecified atom stereocenters. The maximum Gasteiger partial charge on any atom is 0.508 e. The summed E-state index contributed by atoms with van der Waals surface area (Å²) >= 11 is 0. The second-order valence-electron chi connectivity index (χ2n) is 3.86. The Bertz CT molecular complexity index is 297. The Kier molecular flexibility index (Phi) is 4.06. The van der Waals surface area contributed by atoms with Crippen LogP contribution >= 0.6 is 0 Å². The van der Waals surface area contributed by atoms with Crippen molar-refractivity contribution in [3.05, 3.63) is 12.2 Å². The fourth-order valence-electron chi connectivity index (χ4n) is 1.20. The average molecular weight is 228 g/mol. The van der Waals surface area contributed by atoms with Gasteiger partial charge in [0.05, 0.1) is 0 Å². The summed E-state index contributed by atoms with van der Waals surface area (Å²) in [5.41, 5.74) is -0.265. The minimum absolute atomic E-state index is 0.0654. The van der Waals surface area contributed by atoms with Gasteiger partial charge in [-0.05, 0) is 18.9 Å². The Morgan fingerprint density at radius 2 is 2.06 bits per heavy atom. The molecule has 0 N–H and O–H groups in total. The van der Waals surface area contributed by atoms with Crippen LogP contribution in [0.4, 0.5) is 4.79 Å². The van der Waals surface area contributed by atoms with Crippen molar-refractivity contribution >= 4 is 11.9 Å². The van der Waals surface area contributed by atoms with Crippen LogP contribution in [0.1, 0.15) is 20.3 Å². The molecule has 0 radical (unpaired) electrons. The van der Waals surface area contributed by atoms with Gasteiger partial charge in [0.2, 0.25) is 0 Å². The first-order valence-corrected chi connectivity index (χ1v) is 5.11. The number of rotatable bonds is 5. The first kappa shape index (κ1) is 12.7. The molecule has 0 bridgehead atoms. The molecule has 5 nitrogen and oxygen atoms in total. The lowest BCUT2D eigenvalue weighted by Gasteiger charge is -2.34. The molecule has 1 fully saturated rings. The zero-order valence-electron chi connectivity index (χ0n) is 9.58. The Morgan fingerprint density at radius 1 is 1.50 bits per heavy atom. The van der Waals surface area contributed by atoms with Crippen LogP contribution in [-0.4, -0.2) is 37.4 Å². The highest BCUT2D eigenvalue weighted by Crippen LogP contribution is 2.22. The van der Waals surface area contributed by atoms with Crippen LogP contribution in [0, 0.1) is 0 Å². The molecular formula is C11H16O5. The van der Waals surface area contributed by atoms with Crippen molar-refractivity contribution < 1.29 is 23.8 Å². The molecule has 0 aromatic rings. The van der Waals surface area contributed by atoms with Crippen LogP contribution in [0.15, 0.2) is 12.2 Å². The van der Waals surface area contributed by atoms with Gasteiger partial charge in [-0.3, -0.25) is 4.79 Å².